The van der Waals surface area contributed by atoms with Crippen molar-refractivity contribution in [2.24, 2.45) is 0 Å². The summed E-state index contributed by atoms with van der Waals surface area (Å²) in [5, 5.41) is 9.97. The van der Waals surface area contributed by atoms with Gasteiger partial charge in [-0.1, -0.05) is 5.92 Å². The van der Waals surface area contributed by atoms with Crippen molar-refractivity contribution >= 4 is 5.78 Å². The minimum Gasteiger partial charge on any atom is -0.465 e. The maximum absolute atomic E-state index is 11.6. The van der Waals surface area contributed by atoms with E-state index in [1.165, 1.54) is 12.2 Å². The SMILES string of the molecule is CC#CCOCC1=CC2(O)OCOC2=CC1=O. The van der Waals surface area contributed by atoms with Crippen LogP contribution in [0.4, 0.5) is 0 Å². The second kappa shape index (κ2) is 4.72. The molecule has 1 saturated heterocycles. The maximum Gasteiger partial charge on any atom is 0.249 e. The van der Waals surface area contributed by atoms with Crippen LogP contribution in [-0.2, 0) is 19.0 Å². The van der Waals surface area contributed by atoms with Crippen molar-refractivity contribution in [1.29, 1.82) is 0 Å². The van der Waals surface area contributed by atoms with Gasteiger partial charge in [0.2, 0.25) is 5.79 Å². The van der Waals surface area contributed by atoms with Crippen LogP contribution in [0.15, 0.2) is 23.5 Å². The number of ether oxygens (including phenoxy) is 3. The van der Waals surface area contributed by atoms with E-state index in [1.54, 1.807) is 6.92 Å². The molecule has 90 valence electrons. The van der Waals surface area contributed by atoms with E-state index in [1.807, 2.05) is 0 Å². The van der Waals surface area contributed by atoms with Crippen LogP contribution in [0.2, 0.25) is 0 Å². The lowest BCUT2D eigenvalue weighted by atomic mass is 9.99. The first kappa shape index (κ1) is 11.9. The number of hydrogen-bond acceptors (Lipinski definition) is 5. The molecular weight excluding hydrogens is 224 g/mol. The molecule has 0 spiro atoms. The second-order valence-electron chi connectivity index (χ2n) is 3.56. The Balaban J connectivity index is 2.04. The summed E-state index contributed by atoms with van der Waals surface area (Å²) in [5.41, 5.74) is 0.333. The average molecular weight is 236 g/mol. The third-order valence-electron chi connectivity index (χ3n) is 2.40. The first-order valence-electron chi connectivity index (χ1n) is 5.10. The molecule has 1 aliphatic carbocycles. The molecule has 2 rings (SSSR count). The highest BCUT2D eigenvalue weighted by molar-refractivity contribution is 6.05. The van der Waals surface area contributed by atoms with Gasteiger partial charge in [-0.3, -0.25) is 4.79 Å². The van der Waals surface area contributed by atoms with E-state index in [9.17, 15) is 9.90 Å². The molecule has 1 atom stereocenters. The zero-order valence-corrected chi connectivity index (χ0v) is 9.36. The summed E-state index contributed by atoms with van der Waals surface area (Å²) in [7, 11) is 0. The van der Waals surface area contributed by atoms with Crippen LogP contribution < -0.4 is 0 Å². The van der Waals surface area contributed by atoms with Crippen molar-refractivity contribution in [2.75, 3.05) is 20.0 Å². The summed E-state index contributed by atoms with van der Waals surface area (Å²) in [6.45, 7) is 1.97. The lowest BCUT2D eigenvalue weighted by Crippen LogP contribution is -2.32. The number of allylic oxidation sites excluding steroid dienone is 1. The molecule has 5 nitrogen and oxygen atoms in total. The van der Waals surface area contributed by atoms with E-state index in [0.717, 1.165) is 0 Å². The standard InChI is InChI=1S/C12H12O5/c1-2-3-4-15-7-9-6-12(14)11(5-10(9)13)16-8-17-12/h5-6,14H,4,7-8H2,1H3. The van der Waals surface area contributed by atoms with Crippen molar-refractivity contribution in [3.05, 3.63) is 23.5 Å². The van der Waals surface area contributed by atoms with Crippen molar-refractivity contribution < 1.29 is 24.1 Å². The van der Waals surface area contributed by atoms with Gasteiger partial charge in [0.25, 0.3) is 0 Å². The molecule has 0 bridgehead atoms. The Morgan fingerprint density at radius 1 is 1.65 bits per heavy atom. The number of carbonyl (C=O) groups is 1. The van der Waals surface area contributed by atoms with Crippen LogP contribution in [-0.4, -0.2) is 36.7 Å². The molecule has 1 fully saturated rings. The van der Waals surface area contributed by atoms with Crippen LogP contribution >= 0.6 is 0 Å². The Labute approximate surface area is 98.7 Å². The summed E-state index contributed by atoms with van der Waals surface area (Å²) in [6, 6.07) is 0. The van der Waals surface area contributed by atoms with Gasteiger partial charge in [0, 0.05) is 11.6 Å². The topological polar surface area (TPSA) is 65.0 Å². The van der Waals surface area contributed by atoms with Crippen LogP contribution in [0.3, 0.4) is 0 Å². The molecule has 0 aromatic heterocycles. The molecule has 2 aliphatic rings. The van der Waals surface area contributed by atoms with Crippen LogP contribution in [0.5, 0.6) is 0 Å². The number of aliphatic hydroxyl groups is 1. The second-order valence-corrected chi connectivity index (χ2v) is 3.56. The van der Waals surface area contributed by atoms with Crippen molar-refractivity contribution in [3.8, 4) is 11.8 Å². The largest absolute Gasteiger partial charge is 0.465 e. The fraction of sp³-hybridized carbons (Fsp3) is 0.417. The molecule has 17 heavy (non-hydrogen) atoms. The highest BCUT2D eigenvalue weighted by Gasteiger charge is 2.42. The van der Waals surface area contributed by atoms with E-state index in [-0.39, 0.29) is 31.5 Å². The predicted octanol–water partition coefficient (Wildman–Crippen LogP) is 0.112. The first-order chi connectivity index (χ1) is 8.15. The average Bonchev–Trinajstić information content (AvgIpc) is 2.66. The highest BCUT2D eigenvalue weighted by Crippen LogP contribution is 2.32. The fourth-order valence-corrected chi connectivity index (χ4v) is 1.53. The molecule has 0 saturated carbocycles. The van der Waals surface area contributed by atoms with Crippen LogP contribution in [0, 0.1) is 11.8 Å². The van der Waals surface area contributed by atoms with E-state index in [4.69, 9.17) is 14.2 Å². The van der Waals surface area contributed by atoms with Gasteiger partial charge in [0.15, 0.2) is 18.3 Å². The monoisotopic (exact) mass is 236 g/mol. The summed E-state index contributed by atoms with van der Waals surface area (Å²) in [4.78, 5) is 11.6. The van der Waals surface area contributed by atoms with Gasteiger partial charge in [-0.25, -0.2) is 0 Å². The fourth-order valence-electron chi connectivity index (χ4n) is 1.53. The number of ketones is 1. The Kier molecular flexibility index (Phi) is 3.29. The lowest BCUT2D eigenvalue weighted by Gasteiger charge is -2.21. The van der Waals surface area contributed by atoms with Crippen molar-refractivity contribution in [2.45, 2.75) is 12.7 Å². The Morgan fingerprint density at radius 3 is 3.24 bits per heavy atom. The highest BCUT2D eigenvalue weighted by atomic mass is 16.8. The summed E-state index contributed by atoms with van der Waals surface area (Å²) >= 11 is 0. The van der Waals surface area contributed by atoms with Gasteiger partial charge >= 0.3 is 0 Å². The Morgan fingerprint density at radius 2 is 2.47 bits per heavy atom. The molecule has 0 aromatic carbocycles. The molecule has 1 heterocycles. The van der Waals surface area contributed by atoms with Gasteiger partial charge in [0.05, 0.1) is 6.61 Å². The smallest absolute Gasteiger partial charge is 0.249 e. The van der Waals surface area contributed by atoms with E-state index in [2.05, 4.69) is 11.8 Å². The lowest BCUT2D eigenvalue weighted by molar-refractivity contribution is -0.122. The van der Waals surface area contributed by atoms with Gasteiger partial charge in [0.1, 0.15) is 6.61 Å². The molecule has 0 radical (unpaired) electrons. The van der Waals surface area contributed by atoms with E-state index in [0.29, 0.717) is 5.57 Å². The number of rotatable bonds is 3. The number of fused-ring (bicyclic) bond motifs is 1. The van der Waals surface area contributed by atoms with Crippen molar-refractivity contribution in [3.63, 3.8) is 0 Å². The molecule has 5 heteroatoms. The van der Waals surface area contributed by atoms with E-state index < -0.39 is 5.79 Å². The molecule has 1 N–H and O–H groups in total. The van der Waals surface area contributed by atoms with Gasteiger partial charge in [-0.05, 0) is 13.0 Å². The summed E-state index contributed by atoms with van der Waals surface area (Å²) < 4.78 is 15.2. The zero-order chi connectivity index (χ0) is 12.3. The minimum atomic E-state index is -1.62. The zero-order valence-electron chi connectivity index (χ0n) is 9.36. The summed E-state index contributed by atoms with van der Waals surface area (Å²) in [5.74, 6) is 3.64. The van der Waals surface area contributed by atoms with Gasteiger partial charge in [-0.15, -0.1) is 5.92 Å². The molecule has 0 aromatic rings. The maximum atomic E-state index is 11.6. The molecule has 0 amide bonds. The first-order valence-corrected chi connectivity index (χ1v) is 5.10. The van der Waals surface area contributed by atoms with E-state index >= 15 is 0 Å². The van der Waals surface area contributed by atoms with Gasteiger partial charge in [-0.2, -0.15) is 0 Å². The van der Waals surface area contributed by atoms with Crippen molar-refractivity contribution in [1.82, 2.24) is 0 Å². The molecule has 1 aliphatic heterocycles. The molecule has 1 unspecified atom stereocenters. The predicted molar refractivity (Wildman–Crippen MR) is 57.4 cm³/mol. The quantitative estimate of drug-likeness (QED) is 0.556. The normalized spacial score (nSPS) is 26.4. The van der Waals surface area contributed by atoms with Crippen LogP contribution in [0.1, 0.15) is 6.92 Å². The Bertz CT molecular complexity index is 451. The Hall–Kier alpha value is -1.61. The molecular formula is C12H12O5. The third kappa shape index (κ3) is 2.39. The van der Waals surface area contributed by atoms with Crippen LogP contribution in [0.25, 0.3) is 0 Å². The summed E-state index contributed by atoms with van der Waals surface area (Å²) in [6.07, 6.45) is 2.54. The third-order valence-corrected chi connectivity index (χ3v) is 2.40. The number of carbonyl (C=O) groups excluding carboxylic acids is 1. The van der Waals surface area contributed by atoms with Gasteiger partial charge < -0.3 is 19.3 Å². The number of hydrogen-bond donors (Lipinski definition) is 1. The minimum absolute atomic E-state index is 0.0679.